The maximum absolute atomic E-state index is 12.2. The molecule has 2 aromatic carbocycles. The number of ether oxygens (including phenoxy) is 3. The zero-order valence-corrected chi connectivity index (χ0v) is 16.6. The third kappa shape index (κ3) is 6.30. The average molecular weight is 385 g/mol. The van der Waals surface area contributed by atoms with E-state index in [0.29, 0.717) is 36.4 Å². The molecule has 2 rings (SSSR count). The number of carbonyl (C=O) groups excluding carboxylic acids is 2. The monoisotopic (exact) mass is 385 g/mol. The molecule has 0 fully saturated rings. The van der Waals surface area contributed by atoms with E-state index in [1.807, 2.05) is 18.2 Å². The quantitative estimate of drug-likeness (QED) is 0.489. The van der Waals surface area contributed by atoms with Crippen LogP contribution in [0.3, 0.4) is 0 Å². The normalized spacial score (nSPS) is 10.2. The molecule has 0 aliphatic carbocycles. The van der Waals surface area contributed by atoms with E-state index in [1.54, 1.807) is 31.4 Å². The highest BCUT2D eigenvalue weighted by Gasteiger charge is 2.09. The summed E-state index contributed by atoms with van der Waals surface area (Å²) in [6.45, 7) is 2.77. The molecule has 1 amide bonds. The molecule has 0 spiro atoms. The van der Waals surface area contributed by atoms with E-state index in [-0.39, 0.29) is 5.91 Å². The fourth-order valence-corrected chi connectivity index (χ4v) is 2.60. The van der Waals surface area contributed by atoms with Crippen molar-refractivity contribution < 1.29 is 23.8 Å². The Morgan fingerprint density at radius 2 is 1.75 bits per heavy atom. The Bertz CT molecular complexity index is 786. The number of nitrogens with one attached hydrogen (secondary N) is 1. The third-order valence-corrected chi connectivity index (χ3v) is 4.21. The van der Waals surface area contributed by atoms with Crippen molar-refractivity contribution >= 4 is 17.6 Å². The topological polar surface area (TPSA) is 73.9 Å². The third-order valence-electron chi connectivity index (χ3n) is 4.21. The molecule has 0 heterocycles. The number of carbonyl (C=O) groups is 2. The first-order valence-corrected chi connectivity index (χ1v) is 9.35. The fraction of sp³-hybridized carbons (Fsp3) is 0.364. The summed E-state index contributed by atoms with van der Waals surface area (Å²) in [6.07, 6.45) is 2.97. The molecule has 0 atom stereocenters. The van der Waals surface area contributed by atoms with Gasteiger partial charge in [-0.05, 0) is 54.8 Å². The smallest absolute Gasteiger partial charge is 0.337 e. The molecule has 0 unspecified atom stereocenters. The van der Waals surface area contributed by atoms with E-state index in [9.17, 15) is 9.59 Å². The Labute approximate surface area is 165 Å². The van der Waals surface area contributed by atoms with Crippen LogP contribution in [0.1, 0.15) is 42.1 Å². The number of methoxy groups -OCH3 is 2. The van der Waals surface area contributed by atoms with Crippen LogP contribution in [0.15, 0.2) is 42.5 Å². The Morgan fingerprint density at radius 1 is 1.00 bits per heavy atom. The minimum absolute atomic E-state index is 0.104. The zero-order chi connectivity index (χ0) is 20.4. The summed E-state index contributed by atoms with van der Waals surface area (Å²) in [5, 5.41) is 2.82. The minimum atomic E-state index is -0.408. The number of aryl methyl sites for hydroxylation is 1. The second-order valence-corrected chi connectivity index (χ2v) is 6.30. The van der Waals surface area contributed by atoms with E-state index < -0.39 is 5.97 Å². The number of anilines is 1. The second-order valence-electron chi connectivity index (χ2n) is 6.30. The second kappa shape index (κ2) is 11.0. The van der Waals surface area contributed by atoms with Gasteiger partial charge in [-0.3, -0.25) is 4.79 Å². The number of hydrogen-bond donors (Lipinski definition) is 1. The lowest BCUT2D eigenvalue weighted by Crippen LogP contribution is -2.12. The Kier molecular flexibility index (Phi) is 8.34. The van der Waals surface area contributed by atoms with Gasteiger partial charge in [-0.2, -0.15) is 0 Å². The molecule has 0 radical (unpaired) electrons. The van der Waals surface area contributed by atoms with E-state index >= 15 is 0 Å². The van der Waals surface area contributed by atoms with Gasteiger partial charge in [0.05, 0.1) is 26.4 Å². The number of benzene rings is 2. The number of rotatable bonds is 10. The maximum atomic E-state index is 12.2. The van der Waals surface area contributed by atoms with Crippen LogP contribution in [0, 0.1) is 0 Å². The molecule has 0 saturated heterocycles. The summed E-state index contributed by atoms with van der Waals surface area (Å²) in [6, 6.07) is 12.3. The van der Waals surface area contributed by atoms with E-state index in [0.717, 1.165) is 24.2 Å². The van der Waals surface area contributed by atoms with Crippen molar-refractivity contribution in [2.75, 3.05) is 26.1 Å². The van der Waals surface area contributed by atoms with Crippen molar-refractivity contribution in [3.63, 3.8) is 0 Å². The van der Waals surface area contributed by atoms with Gasteiger partial charge in [-0.15, -0.1) is 0 Å². The van der Waals surface area contributed by atoms with Gasteiger partial charge in [0.15, 0.2) is 11.5 Å². The van der Waals surface area contributed by atoms with Crippen LogP contribution in [0.25, 0.3) is 0 Å². The summed E-state index contributed by atoms with van der Waals surface area (Å²) < 4.78 is 15.8. The van der Waals surface area contributed by atoms with Crippen molar-refractivity contribution in [3.05, 3.63) is 53.6 Å². The largest absolute Gasteiger partial charge is 0.493 e. The highest BCUT2D eigenvalue weighted by atomic mass is 16.5. The molecule has 2 aromatic rings. The summed E-state index contributed by atoms with van der Waals surface area (Å²) in [5.41, 5.74) is 2.07. The van der Waals surface area contributed by atoms with E-state index in [1.165, 1.54) is 7.11 Å². The van der Waals surface area contributed by atoms with Crippen molar-refractivity contribution in [3.8, 4) is 11.5 Å². The first kappa shape index (κ1) is 21.3. The maximum Gasteiger partial charge on any atom is 0.337 e. The molecule has 28 heavy (non-hydrogen) atoms. The van der Waals surface area contributed by atoms with Crippen LogP contribution in [0.5, 0.6) is 11.5 Å². The molecule has 0 aliphatic heterocycles. The predicted octanol–water partition coefficient (Wildman–Crippen LogP) is 4.23. The molecule has 1 N–H and O–H groups in total. The molecule has 0 aromatic heterocycles. The van der Waals surface area contributed by atoms with E-state index in [4.69, 9.17) is 9.47 Å². The van der Waals surface area contributed by atoms with Crippen LogP contribution in [-0.2, 0) is 16.0 Å². The highest BCUT2D eigenvalue weighted by molar-refractivity contribution is 5.93. The lowest BCUT2D eigenvalue weighted by molar-refractivity contribution is -0.116. The van der Waals surface area contributed by atoms with Crippen molar-refractivity contribution in [2.24, 2.45) is 0 Å². The van der Waals surface area contributed by atoms with Crippen LogP contribution in [0.4, 0.5) is 5.69 Å². The summed E-state index contributed by atoms with van der Waals surface area (Å²) in [5.74, 6) is 0.879. The molecule has 150 valence electrons. The molecular weight excluding hydrogens is 358 g/mol. The lowest BCUT2D eigenvalue weighted by atomic mass is 10.1. The van der Waals surface area contributed by atoms with Gasteiger partial charge in [0.1, 0.15) is 0 Å². The van der Waals surface area contributed by atoms with Gasteiger partial charge in [0, 0.05) is 12.1 Å². The van der Waals surface area contributed by atoms with Gasteiger partial charge >= 0.3 is 5.97 Å². The lowest BCUT2D eigenvalue weighted by Gasteiger charge is -2.12. The Hall–Kier alpha value is -3.02. The number of hydrogen-bond acceptors (Lipinski definition) is 5. The van der Waals surface area contributed by atoms with Gasteiger partial charge in [0.2, 0.25) is 5.91 Å². The van der Waals surface area contributed by atoms with E-state index in [2.05, 4.69) is 17.0 Å². The van der Waals surface area contributed by atoms with Gasteiger partial charge in [-0.25, -0.2) is 4.79 Å². The first-order valence-electron chi connectivity index (χ1n) is 9.35. The Balaban J connectivity index is 1.88. The number of amides is 1. The molecule has 0 bridgehead atoms. The average Bonchev–Trinajstić information content (AvgIpc) is 2.73. The summed E-state index contributed by atoms with van der Waals surface area (Å²) in [4.78, 5) is 23.6. The highest BCUT2D eigenvalue weighted by Crippen LogP contribution is 2.28. The summed E-state index contributed by atoms with van der Waals surface area (Å²) >= 11 is 0. The van der Waals surface area contributed by atoms with Crippen molar-refractivity contribution in [1.82, 2.24) is 0 Å². The zero-order valence-electron chi connectivity index (χ0n) is 16.6. The predicted molar refractivity (Wildman–Crippen MR) is 108 cm³/mol. The summed E-state index contributed by atoms with van der Waals surface area (Å²) in [7, 11) is 2.94. The molecule has 6 nitrogen and oxygen atoms in total. The van der Waals surface area contributed by atoms with Crippen molar-refractivity contribution in [2.45, 2.75) is 32.6 Å². The van der Waals surface area contributed by atoms with Gasteiger partial charge in [-0.1, -0.05) is 19.4 Å². The van der Waals surface area contributed by atoms with Gasteiger partial charge < -0.3 is 19.5 Å². The van der Waals surface area contributed by atoms with Crippen molar-refractivity contribution in [1.29, 1.82) is 0 Å². The Morgan fingerprint density at radius 3 is 2.39 bits per heavy atom. The van der Waals surface area contributed by atoms with Crippen LogP contribution in [-0.4, -0.2) is 32.7 Å². The van der Waals surface area contributed by atoms with Crippen LogP contribution in [0.2, 0.25) is 0 Å². The van der Waals surface area contributed by atoms with Gasteiger partial charge in [0.25, 0.3) is 0 Å². The molecule has 0 aliphatic rings. The molecule has 0 saturated carbocycles. The minimum Gasteiger partial charge on any atom is -0.493 e. The number of esters is 1. The van der Waals surface area contributed by atoms with Crippen LogP contribution < -0.4 is 14.8 Å². The number of unbranched alkanes of at least 4 members (excludes halogenated alkanes) is 1. The molecule has 6 heteroatoms. The molecular formula is C22H27NO5. The SMILES string of the molecule is CCCCOc1ccc(CCC(=O)Nc2ccc(C(=O)OC)cc2)cc1OC. The standard InChI is InChI=1S/C22H27NO5/c1-4-5-14-28-19-12-6-16(15-20(19)26-2)7-13-21(24)23-18-10-8-17(9-11-18)22(25)27-3/h6,8-12,15H,4-5,7,13-14H2,1-3H3,(H,23,24). The first-order chi connectivity index (χ1) is 13.6. The fourth-order valence-electron chi connectivity index (χ4n) is 2.60. The van der Waals surface area contributed by atoms with Crippen LogP contribution >= 0.6 is 0 Å².